The molecule has 2 aromatic carbocycles. The average Bonchev–Trinajstić information content (AvgIpc) is 2.85. The molecule has 180 valence electrons. The van der Waals surface area contributed by atoms with Crippen LogP contribution < -0.4 is 10.6 Å². The van der Waals surface area contributed by atoms with Gasteiger partial charge in [0.05, 0.1) is 5.92 Å². The summed E-state index contributed by atoms with van der Waals surface area (Å²) in [5, 5.41) is 6.39. The van der Waals surface area contributed by atoms with Gasteiger partial charge in [0.1, 0.15) is 0 Å². The van der Waals surface area contributed by atoms with E-state index in [0.29, 0.717) is 24.2 Å². The van der Waals surface area contributed by atoms with Gasteiger partial charge in [-0.15, -0.1) is 0 Å². The zero-order valence-corrected chi connectivity index (χ0v) is 20.2. The van der Waals surface area contributed by atoms with Crippen LogP contribution in [0.2, 0.25) is 0 Å². The standard InChI is InChI=1S/C28H35N3O3/c1-19-13-15-21(16-14-19)28(34)31-17-7-9-22(18-31)26(32)29-24-11-5-6-12-25(24)30-27(33)23-10-4-3-8-20(23)2/h3-4,8,10,13-16,22,24-25H,5-7,9,11-12,17-18H2,1-2H3,(H,29,32)(H,30,33)/t22-,24-,25-/m1/s1. The van der Waals surface area contributed by atoms with E-state index >= 15 is 0 Å². The minimum Gasteiger partial charge on any atom is -0.351 e. The van der Waals surface area contributed by atoms with Gasteiger partial charge in [-0.25, -0.2) is 0 Å². The third-order valence-corrected chi connectivity index (χ3v) is 7.18. The number of carbonyl (C=O) groups is 3. The molecular formula is C28H35N3O3. The number of hydrogen-bond acceptors (Lipinski definition) is 3. The van der Waals surface area contributed by atoms with Crippen LogP contribution in [-0.2, 0) is 4.79 Å². The van der Waals surface area contributed by atoms with Gasteiger partial charge >= 0.3 is 0 Å². The van der Waals surface area contributed by atoms with Gasteiger partial charge in [0.2, 0.25) is 5.91 Å². The van der Waals surface area contributed by atoms with Crippen LogP contribution in [-0.4, -0.2) is 47.8 Å². The molecule has 6 nitrogen and oxygen atoms in total. The third kappa shape index (κ3) is 5.66. The predicted molar refractivity (Wildman–Crippen MR) is 133 cm³/mol. The van der Waals surface area contributed by atoms with Crippen LogP contribution in [0.3, 0.4) is 0 Å². The molecule has 1 saturated heterocycles. The molecule has 2 fully saturated rings. The third-order valence-electron chi connectivity index (χ3n) is 7.18. The van der Waals surface area contributed by atoms with E-state index in [1.54, 1.807) is 4.90 Å². The van der Waals surface area contributed by atoms with Crippen molar-refractivity contribution in [3.05, 3.63) is 70.8 Å². The molecule has 0 spiro atoms. The molecule has 1 heterocycles. The van der Waals surface area contributed by atoms with Gasteiger partial charge in [-0.05, 0) is 63.3 Å². The summed E-state index contributed by atoms with van der Waals surface area (Å²) in [7, 11) is 0. The fourth-order valence-corrected chi connectivity index (χ4v) is 5.11. The summed E-state index contributed by atoms with van der Waals surface area (Å²) in [5.41, 5.74) is 3.40. The Morgan fingerprint density at radius 2 is 1.50 bits per heavy atom. The molecule has 0 aromatic heterocycles. The first kappa shape index (κ1) is 24.0. The number of nitrogens with zero attached hydrogens (tertiary/aromatic N) is 1. The highest BCUT2D eigenvalue weighted by molar-refractivity contribution is 5.96. The molecule has 2 aromatic rings. The Balaban J connectivity index is 1.37. The summed E-state index contributed by atoms with van der Waals surface area (Å²) >= 11 is 0. The van der Waals surface area contributed by atoms with Gasteiger partial charge in [-0.1, -0.05) is 48.7 Å². The van der Waals surface area contributed by atoms with E-state index in [2.05, 4.69) is 10.6 Å². The number of nitrogens with one attached hydrogen (secondary N) is 2. The van der Waals surface area contributed by atoms with E-state index in [9.17, 15) is 14.4 Å². The minimum absolute atomic E-state index is 0.0107. The highest BCUT2D eigenvalue weighted by Gasteiger charge is 2.33. The summed E-state index contributed by atoms with van der Waals surface area (Å²) < 4.78 is 0. The fourth-order valence-electron chi connectivity index (χ4n) is 5.11. The van der Waals surface area contributed by atoms with Crippen molar-refractivity contribution in [2.75, 3.05) is 13.1 Å². The smallest absolute Gasteiger partial charge is 0.253 e. The summed E-state index contributed by atoms with van der Waals surface area (Å²) in [4.78, 5) is 40.8. The number of benzene rings is 2. The maximum atomic E-state index is 13.2. The van der Waals surface area contributed by atoms with Gasteiger partial charge in [-0.2, -0.15) is 0 Å². The number of amides is 3. The molecule has 3 amide bonds. The Hall–Kier alpha value is -3.15. The Morgan fingerprint density at radius 3 is 2.21 bits per heavy atom. The van der Waals surface area contributed by atoms with Crippen molar-refractivity contribution in [2.45, 2.75) is 64.5 Å². The summed E-state index contributed by atoms with van der Waals surface area (Å²) in [6.45, 7) is 5.04. The van der Waals surface area contributed by atoms with Crippen LogP contribution in [0.15, 0.2) is 48.5 Å². The summed E-state index contributed by atoms with van der Waals surface area (Å²) in [6.07, 6.45) is 5.36. The predicted octanol–water partition coefficient (Wildman–Crippen LogP) is 4.01. The van der Waals surface area contributed by atoms with E-state index < -0.39 is 0 Å². The molecule has 2 N–H and O–H groups in total. The molecule has 4 rings (SSSR count). The maximum absolute atomic E-state index is 13.2. The topological polar surface area (TPSA) is 78.5 Å². The van der Waals surface area contributed by atoms with Crippen molar-refractivity contribution in [2.24, 2.45) is 5.92 Å². The molecular weight excluding hydrogens is 426 g/mol. The Morgan fingerprint density at radius 1 is 0.824 bits per heavy atom. The molecule has 2 aliphatic rings. The average molecular weight is 462 g/mol. The van der Waals surface area contributed by atoms with Gasteiger partial charge in [-0.3, -0.25) is 14.4 Å². The first-order chi connectivity index (χ1) is 16.4. The van der Waals surface area contributed by atoms with E-state index in [4.69, 9.17) is 0 Å². The van der Waals surface area contributed by atoms with E-state index in [0.717, 1.165) is 49.7 Å². The number of aryl methyl sites for hydroxylation is 2. The normalized spacial score (nSPS) is 22.6. The highest BCUT2D eigenvalue weighted by atomic mass is 16.2. The monoisotopic (exact) mass is 461 g/mol. The Bertz CT molecular complexity index is 1030. The van der Waals surface area contributed by atoms with Gasteiger partial charge in [0, 0.05) is 36.3 Å². The number of piperidine rings is 1. The molecule has 1 aliphatic carbocycles. The number of likely N-dealkylation sites (tertiary alicyclic amines) is 1. The van der Waals surface area contributed by atoms with Crippen LogP contribution in [0.5, 0.6) is 0 Å². The summed E-state index contributed by atoms with van der Waals surface area (Å²) in [5.74, 6) is -0.337. The van der Waals surface area contributed by atoms with E-state index in [1.165, 1.54) is 0 Å². The lowest BCUT2D eigenvalue weighted by molar-refractivity contribution is -0.127. The lowest BCUT2D eigenvalue weighted by Gasteiger charge is -2.36. The molecule has 0 bridgehead atoms. The fraction of sp³-hybridized carbons (Fsp3) is 0.464. The van der Waals surface area contributed by atoms with Crippen molar-refractivity contribution in [3.63, 3.8) is 0 Å². The highest BCUT2D eigenvalue weighted by Crippen LogP contribution is 2.23. The number of carbonyl (C=O) groups excluding carboxylic acids is 3. The lowest BCUT2D eigenvalue weighted by atomic mass is 9.88. The minimum atomic E-state index is -0.224. The second-order valence-electron chi connectivity index (χ2n) is 9.75. The zero-order valence-electron chi connectivity index (χ0n) is 20.2. The molecule has 3 atom stereocenters. The zero-order chi connectivity index (χ0) is 24.1. The van der Waals surface area contributed by atoms with Crippen LogP contribution in [0.1, 0.15) is 70.4 Å². The number of rotatable bonds is 5. The number of hydrogen-bond donors (Lipinski definition) is 2. The maximum Gasteiger partial charge on any atom is 0.253 e. The summed E-state index contributed by atoms with van der Waals surface area (Å²) in [6, 6.07) is 15.0. The van der Waals surface area contributed by atoms with Crippen LogP contribution >= 0.6 is 0 Å². The van der Waals surface area contributed by atoms with Crippen LogP contribution in [0.4, 0.5) is 0 Å². The van der Waals surface area contributed by atoms with Crippen molar-refractivity contribution >= 4 is 17.7 Å². The van der Waals surface area contributed by atoms with E-state index in [1.807, 2.05) is 62.4 Å². The molecule has 0 unspecified atom stereocenters. The molecule has 34 heavy (non-hydrogen) atoms. The second-order valence-corrected chi connectivity index (χ2v) is 9.75. The Labute approximate surface area is 202 Å². The van der Waals surface area contributed by atoms with Gasteiger partial charge < -0.3 is 15.5 Å². The van der Waals surface area contributed by atoms with Crippen molar-refractivity contribution < 1.29 is 14.4 Å². The molecule has 6 heteroatoms. The van der Waals surface area contributed by atoms with Gasteiger partial charge in [0.15, 0.2) is 0 Å². The van der Waals surface area contributed by atoms with Crippen molar-refractivity contribution in [1.82, 2.24) is 15.5 Å². The largest absolute Gasteiger partial charge is 0.351 e. The molecule has 1 aliphatic heterocycles. The van der Waals surface area contributed by atoms with Crippen molar-refractivity contribution in [3.8, 4) is 0 Å². The molecule has 1 saturated carbocycles. The second kappa shape index (κ2) is 10.9. The quantitative estimate of drug-likeness (QED) is 0.706. The first-order valence-corrected chi connectivity index (χ1v) is 12.4. The first-order valence-electron chi connectivity index (χ1n) is 12.4. The Kier molecular flexibility index (Phi) is 7.66. The van der Waals surface area contributed by atoms with E-state index in [-0.39, 0.29) is 35.7 Å². The SMILES string of the molecule is Cc1ccc(C(=O)N2CCC[C@@H](C(=O)N[C@@H]3CCCC[C@H]3NC(=O)c3ccccc3C)C2)cc1. The van der Waals surface area contributed by atoms with Crippen molar-refractivity contribution in [1.29, 1.82) is 0 Å². The van der Waals surface area contributed by atoms with Gasteiger partial charge in [0.25, 0.3) is 11.8 Å². The lowest BCUT2D eigenvalue weighted by Crippen LogP contribution is -2.55. The molecule has 0 radical (unpaired) electrons. The van der Waals surface area contributed by atoms with Crippen LogP contribution in [0, 0.1) is 19.8 Å². The van der Waals surface area contributed by atoms with Crippen LogP contribution in [0.25, 0.3) is 0 Å².